The number of halogens is 1. The van der Waals surface area contributed by atoms with E-state index >= 15 is 0 Å². The summed E-state index contributed by atoms with van der Waals surface area (Å²) in [5, 5.41) is 6.27. The maximum atomic E-state index is 12.2. The van der Waals surface area contributed by atoms with Crippen LogP contribution in [0.25, 0.3) is 0 Å². The van der Waals surface area contributed by atoms with Gasteiger partial charge in [-0.1, -0.05) is 30.3 Å². The molecule has 1 aliphatic heterocycles. The number of guanidine groups is 1. The van der Waals surface area contributed by atoms with Crippen molar-refractivity contribution in [1.82, 2.24) is 15.5 Å². The highest BCUT2D eigenvalue weighted by Crippen LogP contribution is 2.34. The molecule has 158 valence electrons. The molecule has 0 radical (unpaired) electrons. The van der Waals surface area contributed by atoms with Gasteiger partial charge in [-0.05, 0) is 39.7 Å². The van der Waals surface area contributed by atoms with Crippen molar-refractivity contribution >= 4 is 35.8 Å². The standard InChI is InChI=1S/C21H34N4O2.HI/c1-6-22-20(25(5)15-18(26)24-21(2,3)4)23-14-17-12-13-27-19(17)16-10-8-7-9-11-16;/h7-11,17,19H,6,12-15H2,1-5H3,(H,22,23)(H,24,26);1H. The van der Waals surface area contributed by atoms with E-state index in [-0.39, 0.29) is 48.1 Å². The Bertz CT molecular complexity index is 631. The van der Waals surface area contributed by atoms with Crippen molar-refractivity contribution in [3.63, 3.8) is 0 Å². The number of amides is 1. The lowest BCUT2D eigenvalue weighted by molar-refractivity contribution is -0.122. The molecule has 6 nitrogen and oxygen atoms in total. The smallest absolute Gasteiger partial charge is 0.240 e. The first-order valence-corrected chi connectivity index (χ1v) is 9.77. The molecule has 0 aromatic heterocycles. The molecule has 1 saturated heterocycles. The van der Waals surface area contributed by atoms with Crippen molar-refractivity contribution < 1.29 is 9.53 Å². The Morgan fingerprint density at radius 3 is 2.57 bits per heavy atom. The average molecular weight is 502 g/mol. The van der Waals surface area contributed by atoms with Crippen molar-refractivity contribution in [3.05, 3.63) is 35.9 Å². The summed E-state index contributed by atoms with van der Waals surface area (Å²) >= 11 is 0. The Labute approximate surface area is 186 Å². The highest BCUT2D eigenvalue weighted by atomic mass is 127. The molecular formula is C21H35IN4O2. The SMILES string of the molecule is CCNC(=NCC1CCOC1c1ccccc1)N(C)CC(=O)NC(C)(C)C.I. The number of nitrogens with zero attached hydrogens (tertiary/aromatic N) is 2. The van der Waals surface area contributed by atoms with Crippen LogP contribution in [0.3, 0.4) is 0 Å². The van der Waals surface area contributed by atoms with Crippen LogP contribution >= 0.6 is 24.0 Å². The van der Waals surface area contributed by atoms with Crippen LogP contribution in [-0.2, 0) is 9.53 Å². The van der Waals surface area contributed by atoms with Crippen molar-refractivity contribution in [2.75, 3.05) is 33.3 Å². The molecule has 1 heterocycles. The highest BCUT2D eigenvalue weighted by Gasteiger charge is 2.29. The largest absolute Gasteiger partial charge is 0.373 e. The van der Waals surface area contributed by atoms with E-state index < -0.39 is 0 Å². The number of rotatable bonds is 6. The number of ether oxygens (including phenoxy) is 1. The minimum Gasteiger partial charge on any atom is -0.373 e. The second kappa shape index (κ2) is 11.6. The molecule has 1 aromatic carbocycles. The molecule has 7 heteroatoms. The van der Waals surface area contributed by atoms with E-state index in [0.29, 0.717) is 12.5 Å². The van der Waals surface area contributed by atoms with Gasteiger partial charge in [0.2, 0.25) is 5.91 Å². The molecule has 0 bridgehead atoms. The molecule has 0 spiro atoms. The molecule has 1 aliphatic rings. The van der Waals surface area contributed by atoms with Crippen LogP contribution in [0.2, 0.25) is 0 Å². The van der Waals surface area contributed by atoms with E-state index in [4.69, 9.17) is 9.73 Å². The third-order valence-electron chi connectivity index (χ3n) is 4.41. The summed E-state index contributed by atoms with van der Waals surface area (Å²) in [6.07, 6.45) is 1.09. The van der Waals surface area contributed by atoms with Crippen LogP contribution in [0.4, 0.5) is 0 Å². The lowest BCUT2D eigenvalue weighted by Gasteiger charge is -2.26. The third-order valence-corrected chi connectivity index (χ3v) is 4.41. The number of likely N-dealkylation sites (N-methyl/N-ethyl adjacent to an activating group) is 1. The molecule has 0 aliphatic carbocycles. The van der Waals surface area contributed by atoms with Gasteiger partial charge in [0.05, 0.1) is 12.6 Å². The quantitative estimate of drug-likeness (QED) is 0.356. The molecular weight excluding hydrogens is 467 g/mol. The monoisotopic (exact) mass is 502 g/mol. The van der Waals surface area contributed by atoms with Crippen molar-refractivity contribution in [2.24, 2.45) is 10.9 Å². The zero-order valence-electron chi connectivity index (χ0n) is 17.7. The normalized spacial score (nSPS) is 19.7. The minimum atomic E-state index is -0.239. The maximum Gasteiger partial charge on any atom is 0.240 e. The third kappa shape index (κ3) is 7.95. The highest BCUT2D eigenvalue weighted by molar-refractivity contribution is 14.0. The summed E-state index contributed by atoms with van der Waals surface area (Å²) in [4.78, 5) is 18.9. The molecule has 0 saturated carbocycles. The first-order chi connectivity index (χ1) is 12.8. The predicted molar refractivity (Wildman–Crippen MR) is 125 cm³/mol. The van der Waals surface area contributed by atoms with E-state index in [1.54, 1.807) is 0 Å². The fourth-order valence-electron chi connectivity index (χ4n) is 3.25. The van der Waals surface area contributed by atoms with Gasteiger partial charge < -0.3 is 20.3 Å². The summed E-state index contributed by atoms with van der Waals surface area (Å²) in [6.45, 7) is 10.4. The van der Waals surface area contributed by atoms with Crippen LogP contribution in [0, 0.1) is 5.92 Å². The molecule has 2 atom stereocenters. The molecule has 2 unspecified atom stereocenters. The summed E-state index contributed by atoms with van der Waals surface area (Å²) < 4.78 is 5.96. The summed E-state index contributed by atoms with van der Waals surface area (Å²) in [7, 11) is 1.89. The zero-order valence-corrected chi connectivity index (χ0v) is 20.0. The predicted octanol–water partition coefficient (Wildman–Crippen LogP) is 3.19. The van der Waals surface area contributed by atoms with Gasteiger partial charge in [-0.2, -0.15) is 0 Å². The topological polar surface area (TPSA) is 66.0 Å². The van der Waals surface area contributed by atoms with Crippen LogP contribution < -0.4 is 10.6 Å². The average Bonchev–Trinajstić information content (AvgIpc) is 3.06. The minimum absolute atomic E-state index is 0. The molecule has 28 heavy (non-hydrogen) atoms. The first kappa shape index (κ1) is 24.7. The number of hydrogen-bond donors (Lipinski definition) is 2. The van der Waals surface area contributed by atoms with E-state index in [1.807, 2.05) is 57.8 Å². The van der Waals surface area contributed by atoms with E-state index in [2.05, 4.69) is 22.8 Å². The zero-order chi connectivity index (χ0) is 19.9. The van der Waals surface area contributed by atoms with Gasteiger partial charge in [0.15, 0.2) is 5.96 Å². The Morgan fingerprint density at radius 2 is 1.96 bits per heavy atom. The number of hydrogen-bond acceptors (Lipinski definition) is 3. The van der Waals surface area contributed by atoms with Gasteiger partial charge in [-0.25, -0.2) is 0 Å². The van der Waals surface area contributed by atoms with Gasteiger partial charge >= 0.3 is 0 Å². The number of benzene rings is 1. The summed E-state index contributed by atoms with van der Waals surface area (Å²) in [6, 6.07) is 10.3. The maximum absolute atomic E-state index is 12.2. The Morgan fingerprint density at radius 1 is 1.29 bits per heavy atom. The van der Waals surface area contributed by atoms with Gasteiger partial charge in [0, 0.05) is 38.2 Å². The van der Waals surface area contributed by atoms with E-state index in [0.717, 1.165) is 25.5 Å². The number of carbonyl (C=O) groups is 1. The molecule has 1 amide bonds. The van der Waals surface area contributed by atoms with Gasteiger partial charge in [0.1, 0.15) is 0 Å². The number of nitrogens with one attached hydrogen (secondary N) is 2. The lowest BCUT2D eigenvalue weighted by Crippen LogP contribution is -2.48. The van der Waals surface area contributed by atoms with E-state index in [9.17, 15) is 4.79 Å². The fourth-order valence-corrected chi connectivity index (χ4v) is 3.25. The molecule has 1 fully saturated rings. The Hall–Kier alpha value is -1.35. The lowest BCUT2D eigenvalue weighted by atomic mass is 9.95. The van der Waals surface area contributed by atoms with Crippen molar-refractivity contribution in [1.29, 1.82) is 0 Å². The van der Waals surface area contributed by atoms with Crippen molar-refractivity contribution in [3.8, 4) is 0 Å². The second-order valence-corrected chi connectivity index (χ2v) is 8.10. The Balaban J connectivity index is 0.00000392. The molecule has 2 rings (SSSR count). The fraction of sp³-hybridized carbons (Fsp3) is 0.619. The van der Waals surface area contributed by atoms with E-state index in [1.165, 1.54) is 5.56 Å². The van der Waals surface area contributed by atoms with Gasteiger partial charge in [0.25, 0.3) is 0 Å². The van der Waals surface area contributed by atoms with Crippen LogP contribution in [0.5, 0.6) is 0 Å². The summed E-state index contributed by atoms with van der Waals surface area (Å²) in [5.74, 6) is 1.08. The number of aliphatic imine (C=N–C) groups is 1. The van der Waals surface area contributed by atoms with Crippen molar-refractivity contribution in [2.45, 2.75) is 45.8 Å². The second-order valence-electron chi connectivity index (χ2n) is 8.10. The molecule has 1 aromatic rings. The molecule has 2 N–H and O–H groups in total. The van der Waals surface area contributed by atoms with Crippen LogP contribution in [0.15, 0.2) is 35.3 Å². The van der Waals surface area contributed by atoms with Gasteiger partial charge in [-0.3, -0.25) is 9.79 Å². The Kier molecular flexibility index (Phi) is 10.2. The van der Waals surface area contributed by atoms with Crippen LogP contribution in [-0.4, -0.2) is 55.6 Å². The summed E-state index contributed by atoms with van der Waals surface area (Å²) in [5.41, 5.74) is 0.968. The number of carbonyl (C=O) groups excluding carboxylic acids is 1. The van der Waals surface area contributed by atoms with Crippen LogP contribution in [0.1, 0.15) is 45.8 Å². The first-order valence-electron chi connectivity index (χ1n) is 9.77. The van der Waals surface area contributed by atoms with Gasteiger partial charge in [-0.15, -0.1) is 24.0 Å².